The first kappa shape index (κ1) is 21.6. The third-order valence-electron chi connectivity index (χ3n) is 5.83. The van der Waals surface area contributed by atoms with Crippen LogP contribution in [0.25, 0.3) is 0 Å². The number of nitrogens with one attached hydrogen (secondary N) is 2. The molecule has 3 heterocycles. The van der Waals surface area contributed by atoms with E-state index in [-0.39, 0.29) is 30.0 Å². The average molecular weight is 443 g/mol. The van der Waals surface area contributed by atoms with Crippen LogP contribution in [-0.4, -0.2) is 47.6 Å². The zero-order valence-corrected chi connectivity index (χ0v) is 18.1. The van der Waals surface area contributed by atoms with E-state index in [4.69, 9.17) is 16.3 Å². The summed E-state index contributed by atoms with van der Waals surface area (Å²) in [6, 6.07) is 12.9. The molecule has 2 aromatic rings. The Kier molecular flexibility index (Phi) is 7.04. The molecule has 3 unspecified atom stereocenters. The Morgan fingerprint density at radius 3 is 2.68 bits per heavy atom. The van der Waals surface area contributed by atoms with Crippen molar-refractivity contribution < 1.29 is 14.3 Å². The SMILES string of the molecule is O=C(Nc1ccc(Cl)cn1)C1CCCN(C(=O)NC(c2ccccc2)C2CCCO2)C1. The smallest absolute Gasteiger partial charge is 0.317 e. The number of carbonyl (C=O) groups excluding carboxylic acids is 2. The van der Waals surface area contributed by atoms with E-state index < -0.39 is 0 Å². The van der Waals surface area contributed by atoms with Crippen molar-refractivity contribution in [3.8, 4) is 0 Å². The van der Waals surface area contributed by atoms with Crippen LogP contribution >= 0.6 is 11.6 Å². The number of likely N-dealkylation sites (tertiary alicyclic amines) is 1. The summed E-state index contributed by atoms with van der Waals surface area (Å²) in [7, 11) is 0. The summed E-state index contributed by atoms with van der Waals surface area (Å²) >= 11 is 5.85. The van der Waals surface area contributed by atoms with Crippen LogP contribution in [0.5, 0.6) is 0 Å². The van der Waals surface area contributed by atoms with Gasteiger partial charge in [0, 0.05) is 25.9 Å². The highest BCUT2D eigenvalue weighted by molar-refractivity contribution is 6.30. The molecule has 3 atom stereocenters. The van der Waals surface area contributed by atoms with Gasteiger partial charge in [0.05, 0.1) is 23.1 Å². The molecule has 164 valence electrons. The van der Waals surface area contributed by atoms with Crippen molar-refractivity contribution in [2.24, 2.45) is 5.92 Å². The van der Waals surface area contributed by atoms with Gasteiger partial charge in [0.1, 0.15) is 5.82 Å². The summed E-state index contributed by atoms with van der Waals surface area (Å²) in [5, 5.41) is 6.50. The van der Waals surface area contributed by atoms with E-state index in [0.717, 1.165) is 31.2 Å². The lowest BCUT2D eigenvalue weighted by atomic mass is 9.97. The van der Waals surface area contributed by atoms with Crippen molar-refractivity contribution in [3.63, 3.8) is 0 Å². The molecule has 2 fully saturated rings. The number of anilines is 1. The minimum absolute atomic E-state index is 0.0359. The molecule has 0 bridgehead atoms. The standard InChI is InChI=1S/C23H27ClN4O3/c24-18-10-11-20(25-14-18)26-22(29)17-8-4-12-28(15-17)23(30)27-21(19-9-5-13-31-19)16-6-2-1-3-7-16/h1-3,6-7,10-11,14,17,19,21H,4-5,8-9,12-13,15H2,(H,27,30)(H,25,26,29). The van der Waals surface area contributed by atoms with Gasteiger partial charge < -0.3 is 20.3 Å². The molecular weight excluding hydrogens is 416 g/mol. The van der Waals surface area contributed by atoms with Crippen LogP contribution in [0.3, 0.4) is 0 Å². The molecule has 2 saturated heterocycles. The van der Waals surface area contributed by atoms with Crippen LogP contribution in [0.2, 0.25) is 5.02 Å². The summed E-state index contributed by atoms with van der Waals surface area (Å²) in [5.41, 5.74) is 1.03. The van der Waals surface area contributed by atoms with Gasteiger partial charge in [-0.05, 0) is 43.4 Å². The number of urea groups is 1. The molecule has 0 saturated carbocycles. The van der Waals surface area contributed by atoms with Crippen LogP contribution in [0.4, 0.5) is 10.6 Å². The first-order valence-corrected chi connectivity index (χ1v) is 11.1. The minimum atomic E-state index is -0.283. The lowest BCUT2D eigenvalue weighted by Crippen LogP contribution is -2.50. The number of hydrogen-bond acceptors (Lipinski definition) is 4. The monoisotopic (exact) mass is 442 g/mol. The van der Waals surface area contributed by atoms with Gasteiger partial charge in [-0.1, -0.05) is 41.9 Å². The third-order valence-corrected chi connectivity index (χ3v) is 6.06. The molecule has 3 amide bonds. The highest BCUT2D eigenvalue weighted by Gasteiger charge is 2.33. The van der Waals surface area contributed by atoms with Gasteiger partial charge >= 0.3 is 6.03 Å². The maximum atomic E-state index is 13.1. The highest BCUT2D eigenvalue weighted by Crippen LogP contribution is 2.28. The van der Waals surface area contributed by atoms with Gasteiger partial charge in [-0.15, -0.1) is 0 Å². The van der Waals surface area contributed by atoms with E-state index in [1.807, 2.05) is 30.3 Å². The van der Waals surface area contributed by atoms with Crippen molar-refractivity contribution in [2.45, 2.75) is 37.8 Å². The molecule has 0 radical (unpaired) electrons. The molecule has 8 heteroatoms. The van der Waals surface area contributed by atoms with Crippen molar-refractivity contribution in [2.75, 3.05) is 25.0 Å². The molecule has 7 nitrogen and oxygen atoms in total. The fourth-order valence-electron chi connectivity index (χ4n) is 4.19. The van der Waals surface area contributed by atoms with Crippen molar-refractivity contribution >= 4 is 29.4 Å². The molecule has 1 aromatic carbocycles. The fraction of sp³-hybridized carbons (Fsp3) is 0.435. The molecule has 4 rings (SSSR count). The number of halogens is 1. The summed E-state index contributed by atoms with van der Waals surface area (Å²) in [4.78, 5) is 31.7. The first-order chi connectivity index (χ1) is 15.1. The topological polar surface area (TPSA) is 83.6 Å². The molecule has 2 aliphatic heterocycles. The van der Waals surface area contributed by atoms with E-state index in [1.54, 1.807) is 17.0 Å². The number of benzene rings is 1. The second-order valence-electron chi connectivity index (χ2n) is 8.03. The summed E-state index contributed by atoms with van der Waals surface area (Å²) in [6.45, 7) is 1.72. The second kappa shape index (κ2) is 10.1. The third kappa shape index (κ3) is 5.54. The van der Waals surface area contributed by atoms with Crippen molar-refractivity contribution in [1.29, 1.82) is 0 Å². The van der Waals surface area contributed by atoms with Gasteiger partial charge in [-0.3, -0.25) is 4.79 Å². The Morgan fingerprint density at radius 1 is 1.13 bits per heavy atom. The maximum Gasteiger partial charge on any atom is 0.317 e. The zero-order valence-electron chi connectivity index (χ0n) is 17.3. The van der Waals surface area contributed by atoms with E-state index in [0.29, 0.717) is 30.5 Å². The number of pyridine rings is 1. The lowest BCUT2D eigenvalue weighted by Gasteiger charge is -2.34. The number of rotatable bonds is 5. The quantitative estimate of drug-likeness (QED) is 0.732. The molecule has 2 aliphatic rings. The predicted molar refractivity (Wildman–Crippen MR) is 119 cm³/mol. The maximum absolute atomic E-state index is 13.1. The number of nitrogens with zero attached hydrogens (tertiary/aromatic N) is 2. The van der Waals surface area contributed by atoms with Crippen molar-refractivity contribution in [1.82, 2.24) is 15.2 Å². The molecule has 2 N–H and O–H groups in total. The van der Waals surface area contributed by atoms with E-state index in [2.05, 4.69) is 15.6 Å². The number of amides is 3. The Labute approximate surface area is 187 Å². The Morgan fingerprint density at radius 2 is 1.97 bits per heavy atom. The number of piperidine rings is 1. The van der Waals surface area contributed by atoms with Crippen LogP contribution in [0.1, 0.15) is 37.3 Å². The average Bonchev–Trinajstić information content (AvgIpc) is 3.34. The molecule has 31 heavy (non-hydrogen) atoms. The predicted octanol–water partition coefficient (Wildman–Crippen LogP) is 4.02. The van der Waals surface area contributed by atoms with Gasteiger partial charge in [-0.2, -0.15) is 0 Å². The molecule has 0 spiro atoms. The number of hydrogen-bond donors (Lipinski definition) is 2. The Balaban J connectivity index is 1.39. The minimum Gasteiger partial charge on any atom is -0.376 e. The summed E-state index contributed by atoms with van der Waals surface area (Å²) < 4.78 is 5.88. The number of ether oxygens (including phenoxy) is 1. The lowest BCUT2D eigenvalue weighted by molar-refractivity contribution is -0.121. The first-order valence-electron chi connectivity index (χ1n) is 10.7. The number of carbonyl (C=O) groups is 2. The zero-order chi connectivity index (χ0) is 21.6. The van der Waals surface area contributed by atoms with E-state index in [1.165, 1.54) is 6.20 Å². The van der Waals surface area contributed by atoms with Crippen LogP contribution in [0, 0.1) is 5.92 Å². The van der Waals surface area contributed by atoms with E-state index >= 15 is 0 Å². The largest absolute Gasteiger partial charge is 0.376 e. The van der Waals surface area contributed by atoms with Crippen molar-refractivity contribution in [3.05, 3.63) is 59.2 Å². The van der Waals surface area contributed by atoms with Gasteiger partial charge in [0.2, 0.25) is 5.91 Å². The van der Waals surface area contributed by atoms with Crippen LogP contribution in [0.15, 0.2) is 48.7 Å². The van der Waals surface area contributed by atoms with E-state index in [9.17, 15) is 9.59 Å². The summed E-state index contributed by atoms with van der Waals surface area (Å²) in [6.07, 6.45) is 4.87. The van der Waals surface area contributed by atoms with Crippen LogP contribution < -0.4 is 10.6 Å². The van der Waals surface area contributed by atoms with Gasteiger partial charge in [0.15, 0.2) is 0 Å². The molecule has 1 aromatic heterocycles. The Bertz CT molecular complexity index is 887. The highest BCUT2D eigenvalue weighted by atomic mass is 35.5. The molecule has 0 aliphatic carbocycles. The van der Waals surface area contributed by atoms with Gasteiger partial charge in [0.25, 0.3) is 0 Å². The normalized spacial score (nSPS) is 22.0. The number of aromatic nitrogens is 1. The summed E-state index contributed by atoms with van der Waals surface area (Å²) in [5.74, 6) is 0.0411. The fourth-order valence-corrected chi connectivity index (χ4v) is 4.31. The van der Waals surface area contributed by atoms with Gasteiger partial charge in [-0.25, -0.2) is 9.78 Å². The Hall–Kier alpha value is -2.64. The second-order valence-corrected chi connectivity index (χ2v) is 8.46. The van der Waals surface area contributed by atoms with Crippen LogP contribution in [-0.2, 0) is 9.53 Å². The molecular formula is C23H27ClN4O3.